The molecule has 3 atom stereocenters. The van der Waals surface area contributed by atoms with Gasteiger partial charge in [0.05, 0.1) is 5.92 Å². The van der Waals surface area contributed by atoms with E-state index in [1.165, 1.54) is 22.3 Å². The van der Waals surface area contributed by atoms with E-state index in [2.05, 4.69) is 34.9 Å². The quantitative estimate of drug-likeness (QED) is 0.464. The fraction of sp³-hybridized carbons (Fsp3) is 0.464. The smallest absolute Gasteiger partial charge is 0.407 e. The topological polar surface area (TPSA) is 105 Å². The second-order valence-corrected chi connectivity index (χ2v) is 9.79. The van der Waals surface area contributed by atoms with Crippen molar-refractivity contribution in [2.45, 2.75) is 44.9 Å². The van der Waals surface area contributed by atoms with E-state index < -0.39 is 12.1 Å². The molecule has 3 N–H and O–H groups in total. The van der Waals surface area contributed by atoms with Crippen LogP contribution in [0.2, 0.25) is 0 Å². The van der Waals surface area contributed by atoms with Gasteiger partial charge in [-0.15, -0.1) is 0 Å². The van der Waals surface area contributed by atoms with Gasteiger partial charge in [-0.1, -0.05) is 61.9 Å². The van der Waals surface area contributed by atoms with E-state index in [0.29, 0.717) is 32.4 Å². The maximum atomic E-state index is 12.3. The highest BCUT2D eigenvalue weighted by atomic mass is 16.5. The summed E-state index contributed by atoms with van der Waals surface area (Å²) in [6, 6.07) is 16.4. The lowest BCUT2D eigenvalue weighted by molar-refractivity contribution is -0.143. The number of carbonyl (C=O) groups is 3. The second-order valence-electron chi connectivity index (χ2n) is 9.79. The number of hydrogen-bond acceptors (Lipinski definition) is 4. The lowest BCUT2D eigenvalue weighted by Crippen LogP contribution is -2.34. The summed E-state index contributed by atoms with van der Waals surface area (Å²) < 4.78 is 5.55. The van der Waals surface area contributed by atoms with Crippen LogP contribution >= 0.6 is 0 Å². The summed E-state index contributed by atoms with van der Waals surface area (Å²) in [5.74, 6) is -1.07. The summed E-state index contributed by atoms with van der Waals surface area (Å²) in [7, 11) is 0. The number of amides is 2. The van der Waals surface area contributed by atoms with Crippen LogP contribution in [-0.2, 0) is 14.3 Å². The van der Waals surface area contributed by atoms with Gasteiger partial charge in [-0.05, 0) is 53.4 Å². The maximum absolute atomic E-state index is 12.3. The third-order valence-electron chi connectivity index (χ3n) is 7.32. The molecule has 1 unspecified atom stereocenters. The van der Waals surface area contributed by atoms with Crippen molar-refractivity contribution in [3.63, 3.8) is 0 Å². The molecule has 7 heteroatoms. The summed E-state index contributed by atoms with van der Waals surface area (Å²) in [5, 5.41) is 15.0. The Morgan fingerprint density at radius 2 is 1.66 bits per heavy atom. The van der Waals surface area contributed by atoms with Gasteiger partial charge in [0, 0.05) is 25.4 Å². The van der Waals surface area contributed by atoms with Crippen molar-refractivity contribution >= 4 is 18.0 Å². The number of aliphatic carboxylic acids is 1. The molecule has 35 heavy (non-hydrogen) atoms. The molecule has 1 fully saturated rings. The SMILES string of the molecule is CC(CCNC(=O)OCC1c2ccccc2-c2ccccc21)CC(=O)NC[C@H]1CCC[C@H]1C(=O)O. The molecule has 0 spiro atoms. The molecule has 2 aromatic carbocycles. The first-order valence-electron chi connectivity index (χ1n) is 12.5. The van der Waals surface area contributed by atoms with E-state index in [1.807, 2.05) is 31.2 Å². The van der Waals surface area contributed by atoms with E-state index in [4.69, 9.17) is 4.74 Å². The van der Waals surface area contributed by atoms with Crippen molar-refractivity contribution < 1.29 is 24.2 Å². The summed E-state index contributed by atoms with van der Waals surface area (Å²) in [6.45, 7) is 3.08. The van der Waals surface area contributed by atoms with Crippen molar-refractivity contribution in [1.29, 1.82) is 0 Å². The molecule has 0 saturated heterocycles. The first-order chi connectivity index (χ1) is 16.9. The van der Waals surface area contributed by atoms with Crippen LogP contribution in [0.4, 0.5) is 4.79 Å². The van der Waals surface area contributed by atoms with E-state index in [0.717, 1.165) is 12.8 Å². The monoisotopic (exact) mass is 478 g/mol. The molecule has 1 saturated carbocycles. The number of alkyl carbamates (subject to hydrolysis) is 1. The molecule has 0 heterocycles. The zero-order chi connectivity index (χ0) is 24.8. The summed E-state index contributed by atoms with van der Waals surface area (Å²) in [4.78, 5) is 35.8. The Hall–Kier alpha value is -3.35. The van der Waals surface area contributed by atoms with Crippen molar-refractivity contribution in [3.05, 3.63) is 59.7 Å². The Kier molecular flexibility index (Phi) is 8.06. The molecule has 0 aromatic heterocycles. The number of benzene rings is 2. The van der Waals surface area contributed by atoms with Crippen molar-refractivity contribution in [2.24, 2.45) is 17.8 Å². The molecule has 2 aromatic rings. The highest BCUT2D eigenvalue weighted by molar-refractivity contribution is 5.79. The number of carboxylic acid groups (broad SMARTS) is 1. The normalized spacial score (nSPS) is 19.5. The Bertz CT molecular complexity index is 1020. The number of nitrogens with one attached hydrogen (secondary N) is 2. The van der Waals surface area contributed by atoms with E-state index in [9.17, 15) is 19.5 Å². The molecule has 7 nitrogen and oxygen atoms in total. The van der Waals surface area contributed by atoms with Crippen LogP contribution in [0.1, 0.15) is 56.1 Å². The van der Waals surface area contributed by atoms with Crippen molar-refractivity contribution in [1.82, 2.24) is 10.6 Å². The number of hydrogen-bond donors (Lipinski definition) is 3. The Balaban J connectivity index is 1.16. The molecular formula is C28H34N2O5. The van der Waals surface area contributed by atoms with Gasteiger partial charge < -0.3 is 20.5 Å². The standard InChI is InChI=1S/C28H34N2O5/c1-18(15-26(31)30-16-19-7-6-12-20(19)27(32)33)13-14-29-28(34)35-17-25-23-10-4-2-8-21(23)22-9-3-5-11-24(22)25/h2-5,8-11,18-20,25H,6-7,12-17H2,1H3,(H,29,34)(H,30,31)(H,32,33)/t18?,19-,20-/m1/s1. The minimum absolute atomic E-state index is 0.0157. The molecule has 2 aliphatic rings. The van der Waals surface area contributed by atoms with Crippen LogP contribution in [0.25, 0.3) is 11.1 Å². The first kappa shape index (κ1) is 24.8. The largest absolute Gasteiger partial charge is 0.481 e. The number of ether oxygens (including phenoxy) is 1. The number of fused-ring (bicyclic) bond motifs is 3. The third-order valence-corrected chi connectivity index (χ3v) is 7.32. The predicted octanol–water partition coefficient (Wildman–Crippen LogP) is 4.56. The van der Waals surface area contributed by atoms with Crippen LogP contribution in [-0.4, -0.2) is 42.8 Å². The fourth-order valence-electron chi connectivity index (χ4n) is 5.41. The average Bonchev–Trinajstić information content (AvgIpc) is 3.44. The van der Waals surface area contributed by atoms with Crippen LogP contribution < -0.4 is 10.6 Å². The third kappa shape index (κ3) is 6.02. The van der Waals surface area contributed by atoms with Crippen LogP contribution in [0.15, 0.2) is 48.5 Å². The van der Waals surface area contributed by atoms with Gasteiger partial charge in [-0.3, -0.25) is 9.59 Å². The molecule has 0 bridgehead atoms. The van der Waals surface area contributed by atoms with Crippen LogP contribution in [0.5, 0.6) is 0 Å². The minimum Gasteiger partial charge on any atom is -0.481 e. The molecule has 0 radical (unpaired) electrons. The molecule has 4 rings (SSSR count). The van der Waals surface area contributed by atoms with Gasteiger partial charge in [0.15, 0.2) is 0 Å². The summed E-state index contributed by atoms with van der Waals surface area (Å²) >= 11 is 0. The molecular weight excluding hydrogens is 444 g/mol. The number of carbonyl (C=O) groups excluding carboxylic acids is 2. The van der Waals surface area contributed by atoms with Gasteiger partial charge in [0.25, 0.3) is 0 Å². The van der Waals surface area contributed by atoms with Crippen LogP contribution in [0, 0.1) is 17.8 Å². The van der Waals surface area contributed by atoms with Gasteiger partial charge in [0.2, 0.25) is 5.91 Å². The lowest BCUT2D eigenvalue weighted by atomic mass is 9.96. The zero-order valence-electron chi connectivity index (χ0n) is 20.2. The van der Waals surface area contributed by atoms with E-state index >= 15 is 0 Å². The molecule has 2 aliphatic carbocycles. The summed E-state index contributed by atoms with van der Waals surface area (Å²) in [5.41, 5.74) is 4.73. The molecule has 2 amide bonds. The highest BCUT2D eigenvalue weighted by Crippen LogP contribution is 2.44. The van der Waals surface area contributed by atoms with Gasteiger partial charge >= 0.3 is 12.1 Å². The average molecular weight is 479 g/mol. The second kappa shape index (κ2) is 11.4. The first-order valence-corrected chi connectivity index (χ1v) is 12.5. The number of rotatable bonds is 10. The van der Waals surface area contributed by atoms with E-state index in [-0.39, 0.29) is 36.2 Å². The Morgan fingerprint density at radius 1 is 1.00 bits per heavy atom. The Morgan fingerprint density at radius 3 is 2.31 bits per heavy atom. The maximum Gasteiger partial charge on any atom is 0.407 e. The van der Waals surface area contributed by atoms with Gasteiger partial charge in [-0.2, -0.15) is 0 Å². The van der Waals surface area contributed by atoms with Gasteiger partial charge in [-0.25, -0.2) is 4.79 Å². The minimum atomic E-state index is -0.769. The molecule has 0 aliphatic heterocycles. The fourth-order valence-corrected chi connectivity index (χ4v) is 5.41. The zero-order valence-corrected chi connectivity index (χ0v) is 20.2. The van der Waals surface area contributed by atoms with Crippen LogP contribution in [0.3, 0.4) is 0 Å². The van der Waals surface area contributed by atoms with Crippen molar-refractivity contribution in [3.8, 4) is 11.1 Å². The predicted molar refractivity (Wildman–Crippen MR) is 133 cm³/mol. The molecule has 186 valence electrons. The van der Waals surface area contributed by atoms with Crippen molar-refractivity contribution in [2.75, 3.05) is 19.7 Å². The number of carboxylic acids is 1. The van der Waals surface area contributed by atoms with Gasteiger partial charge in [0.1, 0.15) is 6.61 Å². The summed E-state index contributed by atoms with van der Waals surface area (Å²) in [6.07, 6.45) is 2.97. The van der Waals surface area contributed by atoms with E-state index in [1.54, 1.807) is 0 Å². The lowest BCUT2D eigenvalue weighted by Gasteiger charge is -2.18. The Labute approximate surface area is 206 Å². The highest BCUT2D eigenvalue weighted by Gasteiger charge is 2.33.